The van der Waals surface area contributed by atoms with E-state index in [1.54, 1.807) is 12.1 Å². The molecule has 0 aliphatic carbocycles. The number of halogens is 3. The molecule has 0 saturated carbocycles. The van der Waals surface area contributed by atoms with Crippen molar-refractivity contribution in [3.8, 4) is 0 Å². The van der Waals surface area contributed by atoms with Gasteiger partial charge in [-0.15, -0.1) is 24.8 Å². The molecule has 1 saturated heterocycles. The fourth-order valence-electron chi connectivity index (χ4n) is 2.86. The maximum absolute atomic E-state index is 14.1. The van der Waals surface area contributed by atoms with Crippen LogP contribution in [0, 0.1) is 5.82 Å². The Balaban J connectivity index is 0.00000200. The van der Waals surface area contributed by atoms with Crippen LogP contribution in [0.1, 0.15) is 44.2 Å². The van der Waals surface area contributed by atoms with Crippen LogP contribution in [0.4, 0.5) is 4.39 Å². The fraction of sp³-hybridized carbons (Fsp3) is 0.625. The summed E-state index contributed by atoms with van der Waals surface area (Å²) in [7, 11) is 0. The maximum atomic E-state index is 14.1. The smallest absolute Gasteiger partial charge is 0.127 e. The minimum Gasteiger partial charge on any atom is -0.314 e. The van der Waals surface area contributed by atoms with E-state index in [9.17, 15) is 4.39 Å². The van der Waals surface area contributed by atoms with Crippen LogP contribution < -0.4 is 5.32 Å². The van der Waals surface area contributed by atoms with E-state index in [0.717, 1.165) is 38.2 Å². The van der Waals surface area contributed by atoms with E-state index in [2.05, 4.69) is 17.1 Å². The topological polar surface area (TPSA) is 15.3 Å². The van der Waals surface area contributed by atoms with Crippen molar-refractivity contribution in [1.29, 1.82) is 0 Å². The Morgan fingerprint density at radius 1 is 1.14 bits per heavy atom. The summed E-state index contributed by atoms with van der Waals surface area (Å²) in [6.45, 7) is 6.27. The van der Waals surface area contributed by atoms with Crippen molar-refractivity contribution in [2.75, 3.05) is 26.2 Å². The van der Waals surface area contributed by atoms with E-state index >= 15 is 0 Å². The molecule has 2 rings (SSSR count). The number of hydrogen-bond donors (Lipinski definition) is 1. The lowest BCUT2D eigenvalue weighted by molar-refractivity contribution is 0.159. The van der Waals surface area contributed by atoms with Gasteiger partial charge in [-0.3, -0.25) is 4.90 Å². The van der Waals surface area contributed by atoms with Gasteiger partial charge in [-0.25, -0.2) is 4.39 Å². The average Bonchev–Trinajstić information content (AvgIpc) is 2.46. The normalized spacial score (nSPS) is 16.7. The largest absolute Gasteiger partial charge is 0.314 e. The molecule has 0 aromatic heterocycles. The molecular formula is C16H27Cl2FN2. The van der Waals surface area contributed by atoms with E-state index in [4.69, 9.17) is 0 Å². The predicted octanol–water partition coefficient (Wildman–Crippen LogP) is 4.20. The summed E-state index contributed by atoms with van der Waals surface area (Å²) in [6.07, 6.45) is 4.69. The highest BCUT2D eigenvalue weighted by Gasteiger charge is 2.23. The molecule has 1 atom stereocenters. The molecule has 2 nitrogen and oxygen atoms in total. The van der Waals surface area contributed by atoms with E-state index in [1.807, 2.05) is 12.1 Å². The van der Waals surface area contributed by atoms with Crippen LogP contribution in [0.25, 0.3) is 0 Å². The molecule has 1 aliphatic rings. The molecule has 0 radical (unpaired) electrons. The molecule has 21 heavy (non-hydrogen) atoms. The fourth-order valence-corrected chi connectivity index (χ4v) is 2.86. The van der Waals surface area contributed by atoms with E-state index in [-0.39, 0.29) is 36.7 Å². The zero-order valence-corrected chi connectivity index (χ0v) is 14.3. The Bertz CT molecular complexity index is 384. The highest BCUT2D eigenvalue weighted by molar-refractivity contribution is 5.85. The summed E-state index contributed by atoms with van der Waals surface area (Å²) in [5.74, 6) is -0.0532. The standard InChI is InChI=1S/C16H25FN2.2ClH/c1-2-3-4-9-16(19-12-10-18-11-13-19)14-7-5-6-8-15(14)17;;/h5-8,16,18H,2-4,9-13H2,1H3;2*1H/t16-;;/m0../s1. The molecule has 122 valence electrons. The van der Waals surface area contributed by atoms with Crippen molar-refractivity contribution in [3.63, 3.8) is 0 Å². The van der Waals surface area contributed by atoms with Crippen LogP contribution in [0.2, 0.25) is 0 Å². The first-order valence-corrected chi connectivity index (χ1v) is 7.52. The van der Waals surface area contributed by atoms with Gasteiger partial charge in [0.25, 0.3) is 0 Å². The molecule has 0 unspecified atom stereocenters. The van der Waals surface area contributed by atoms with Crippen molar-refractivity contribution in [2.24, 2.45) is 0 Å². The first-order valence-electron chi connectivity index (χ1n) is 7.52. The molecule has 1 fully saturated rings. The minimum atomic E-state index is -0.0532. The van der Waals surface area contributed by atoms with Gasteiger partial charge in [0.1, 0.15) is 5.82 Å². The lowest BCUT2D eigenvalue weighted by Gasteiger charge is -2.35. The highest BCUT2D eigenvalue weighted by Crippen LogP contribution is 2.28. The van der Waals surface area contributed by atoms with E-state index in [1.165, 1.54) is 19.3 Å². The Hall–Kier alpha value is -0.350. The van der Waals surface area contributed by atoms with Crippen LogP contribution >= 0.6 is 24.8 Å². The molecule has 1 aromatic rings. The second-order valence-electron chi connectivity index (χ2n) is 5.32. The molecular weight excluding hydrogens is 310 g/mol. The molecule has 1 heterocycles. The molecule has 5 heteroatoms. The summed E-state index contributed by atoms with van der Waals surface area (Å²) in [6, 6.07) is 7.51. The van der Waals surface area contributed by atoms with Gasteiger partial charge in [-0.05, 0) is 12.5 Å². The lowest BCUT2D eigenvalue weighted by Crippen LogP contribution is -2.45. The molecule has 0 bridgehead atoms. The van der Waals surface area contributed by atoms with Gasteiger partial charge < -0.3 is 5.32 Å². The Kier molecular flexibility index (Phi) is 11.1. The third-order valence-electron chi connectivity index (χ3n) is 3.94. The van der Waals surface area contributed by atoms with Crippen LogP contribution in [-0.4, -0.2) is 31.1 Å². The third-order valence-corrected chi connectivity index (χ3v) is 3.94. The molecule has 0 spiro atoms. The summed E-state index contributed by atoms with van der Waals surface area (Å²) in [4.78, 5) is 2.44. The number of rotatable bonds is 6. The zero-order valence-electron chi connectivity index (χ0n) is 12.7. The van der Waals surface area contributed by atoms with Crippen molar-refractivity contribution in [1.82, 2.24) is 10.2 Å². The van der Waals surface area contributed by atoms with Gasteiger partial charge in [0, 0.05) is 37.8 Å². The summed E-state index contributed by atoms with van der Waals surface area (Å²) in [5, 5.41) is 3.37. The van der Waals surface area contributed by atoms with Crippen molar-refractivity contribution in [2.45, 2.75) is 38.6 Å². The first-order chi connectivity index (χ1) is 9.33. The Labute approximate surface area is 140 Å². The second-order valence-corrected chi connectivity index (χ2v) is 5.32. The van der Waals surface area contributed by atoms with Crippen LogP contribution in [0.3, 0.4) is 0 Å². The van der Waals surface area contributed by atoms with Crippen molar-refractivity contribution >= 4 is 24.8 Å². The lowest BCUT2D eigenvalue weighted by atomic mass is 9.97. The SMILES string of the molecule is CCCCC[C@@H](c1ccccc1F)N1CCNCC1.Cl.Cl. The maximum Gasteiger partial charge on any atom is 0.127 e. The van der Waals surface area contributed by atoms with E-state index < -0.39 is 0 Å². The summed E-state index contributed by atoms with van der Waals surface area (Å²) >= 11 is 0. The minimum absolute atomic E-state index is 0. The average molecular weight is 337 g/mol. The Morgan fingerprint density at radius 2 is 1.81 bits per heavy atom. The van der Waals surface area contributed by atoms with Gasteiger partial charge in [-0.2, -0.15) is 0 Å². The van der Waals surface area contributed by atoms with Gasteiger partial charge in [0.2, 0.25) is 0 Å². The molecule has 1 aromatic carbocycles. The van der Waals surface area contributed by atoms with Gasteiger partial charge in [0.15, 0.2) is 0 Å². The number of unbranched alkanes of at least 4 members (excludes halogenated alkanes) is 2. The first kappa shape index (κ1) is 20.6. The second kappa shape index (κ2) is 11.2. The van der Waals surface area contributed by atoms with Crippen LogP contribution in [0.5, 0.6) is 0 Å². The van der Waals surface area contributed by atoms with E-state index in [0.29, 0.717) is 0 Å². The van der Waals surface area contributed by atoms with Crippen molar-refractivity contribution < 1.29 is 4.39 Å². The molecule has 1 aliphatic heterocycles. The molecule has 1 N–H and O–H groups in total. The van der Waals surface area contributed by atoms with Gasteiger partial charge in [-0.1, -0.05) is 44.4 Å². The zero-order chi connectivity index (χ0) is 13.5. The third kappa shape index (κ3) is 6.11. The Morgan fingerprint density at radius 3 is 2.43 bits per heavy atom. The van der Waals surface area contributed by atoms with Crippen molar-refractivity contribution in [3.05, 3.63) is 35.6 Å². The number of nitrogens with zero attached hydrogens (tertiary/aromatic N) is 1. The van der Waals surface area contributed by atoms with Crippen LogP contribution in [0.15, 0.2) is 24.3 Å². The quantitative estimate of drug-likeness (QED) is 0.783. The van der Waals surface area contributed by atoms with Gasteiger partial charge >= 0.3 is 0 Å². The molecule has 0 amide bonds. The van der Waals surface area contributed by atoms with Gasteiger partial charge in [0.05, 0.1) is 0 Å². The number of benzene rings is 1. The summed E-state index contributed by atoms with van der Waals surface area (Å²) < 4.78 is 14.1. The summed E-state index contributed by atoms with van der Waals surface area (Å²) in [5.41, 5.74) is 0.875. The number of piperazine rings is 1. The highest BCUT2D eigenvalue weighted by atomic mass is 35.5. The predicted molar refractivity (Wildman–Crippen MR) is 92.2 cm³/mol. The number of nitrogens with one attached hydrogen (secondary N) is 1. The van der Waals surface area contributed by atoms with Crippen LogP contribution in [-0.2, 0) is 0 Å². The monoisotopic (exact) mass is 336 g/mol. The number of hydrogen-bond acceptors (Lipinski definition) is 2.